The number of thiophene rings is 1. The lowest BCUT2D eigenvalue weighted by atomic mass is 10.1. The van der Waals surface area contributed by atoms with E-state index < -0.39 is 0 Å². The van der Waals surface area contributed by atoms with Crippen LogP contribution in [0.4, 0.5) is 5.00 Å². The molecule has 0 saturated heterocycles. The fraction of sp³-hybridized carbons (Fsp3) is 0.0625. The minimum atomic E-state index is 0.218. The van der Waals surface area contributed by atoms with E-state index in [4.69, 9.17) is 0 Å². The summed E-state index contributed by atoms with van der Waals surface area (Å²) in [5, 5.41) is 16.0. The Morgan fingerprint density at radius 2 is 2.17 bits per heavy atom. The molecule has 2 N–H and O–H groups in total. The van der Waals surface area contributed by atoms with Crippen molar-refractivity contribution in [1.29, 1.82) is 0 Å². The van der Waals surface area contributed by atoms with Crippen molar-refractivity contribution in [3.05, 3.63) is 35.7 Å². The summed E-state index contributed by atoms with van der Waals surface area (Å²) in [6.07, 6.45) is 3.94. The van der Waals surface area contributed by atoms with Gasteiger partial charge in [-0.15, -0.1) is 34.4 Å². The van der Waals surface area contributed by atoms with Gasteiger partial charge in [0.2, 0.25) is 6.41 Å². The van der Waals surface area contributed by atoms with E-state index >= 15 is 0 Å². The summed E-state index contributed by atoms with van der Waals surface area (Å²) in [5.41, 5.74) is 2.48. The van der Waals surface area contributed by atoms with Crippen LogP contribution in [0.1, 0.15) is 0 Å². The largest absolute Gasteiger partial charge is 0.507 e. The van der Waals surface area contributed by atoms with Gasteiger partial charge in [0.1, 0.15) is 15.8 Å². The smallest absolute Gasteiger partial charge is 0.212 e. The number of nitrogens with one attached hydrogen (secondary N) is 1. The van der Waals surface area contributed by atoms with E-state index in [2.05, 4.69) is 15.3 Å². The molecular formula is C16H13N3O2S3. The lowest BCUT2D eigenvalue weighted by Gasteiger charge is -1.99. The van der Waals surface area contributed by atoms with Crippen LogP contribution in [0.5, 0.6) is 5.75 Å². The Morgan fingerprint density at radius 3 is 2.92 bits per heavy atom. The maximum atomic E-state index is 10.3. The summed E-state index contributed by atoms with van der Waals surface area (Å²) in [7, 11) is 0. The van der Waals surface area contributed by atoms with Crippen LogP contribution in [-0.2, 0) is 4.79 Å². The fourth-order valence-corrected chi connectivity index (χ4v) is 4.74. The molecule has 0 saturated carbocycles. The van der Waals surface area contributed by atoms with Crippen molar-refractivity contribution in [3.63, 3.8) is 0 Å². The van der Waals surface area contributed by atoms with Gasteiger partial charge in [0.05, 0.1) is 16.2 Å². The van der Waals surface area contributed by atoms with E-state index in [0.717, 1.165) is 25.5 Å². The number of rotatable bonds is 6. The second-order valence-corrected chi connectivity index (χ2v) is 7.55. The molecule has 8 heteroatoms. The molecule has 5 nitrogen and oxygen atoms in total. The van der Waals surface area contributed by atoms with E-state index in [9.17, 15) is 9.90 Å². The van der Waals surface area contributed by atoms with Gasteiger partial charge in [0, 0.05) is 16.5 Å². The molecule has 0 spiro atoms. The van der Waals surface area contributed by atoms with Gasteiger partial charge in [0.25, 0.3) is 0 Å². The summed E-state index contributed by atoms with van der Waals surface area (Å²) in [4.78, 5) is 19.1. The molecule has 0 fully saturated rings. The van der Waals surface area contributed by atoms with Gasteiger partial charge in [-0.3, -0.25) is 4.79 Å². The number of nitrogens with zero attached hydrogens (tertiary/aromatic N) is 2. The molecule has 0 bridgehead atoms. The molecular weight excluding hydrogens is 362 g/mol. The Kier molecular flexibility index (Phi) is 5.29. The number of aromatic nitrogens is 1. The average molecular weight is 376 g/mol. The van der Waals surface area contributed by atoms with Crippen LogP contribution in [-0.4, -0.2) is 29.1 Å². The second-order valence-electron chi connectivity index (χ2n) is 4.59. The molecule has 0 atom stereocenters. The van der Waals surface area contributed by atoms with Crippen molar-refractivity contribution >= 4 is 52.2 Å². The van der Waals surface area contributed by atoms with E-state index in [1.54, 1.807) is 23.9 Å². The Labute approximate surface area is 151 Å². The van der Waals surface area contributed by atoms with Crippen LogP contribution < -0.4 is 5.32 Å². The zero-order chi connectivity index (χ0) is 16.9. The summed E-state index contributed by atoms with van der Waals surface area (Å²) >= 11 is 4.69. The van der Waals surface area contributed by atoms with Gasteiger partial charge in [-0.1, -0.05) is 12.1 Å². The quantitative estimate of drug-likeness (QED) is 0.290. The fourth-order valence-electron chi connectivity index (χ4n) is 2.07. The molecule has 0 radical (unpaired) electrons. The van der Waals surface area contributed by atoms with Gasteiger partial charge >= 0.3 is 0 Å². The lowest BCUT2D eigenvalue weighted by Crippen LogP contribution is -2.05. The maximum Gasteiger partial charge on any atom is 0.212 e. The Balaban J connectivity index is 1.95. The molecule has 122 valence electrons. The van der Waals surface area contributed by atoms with Gasteiger partial charge < -0.3 is 10.4 Å². The van der Waals surface area contributed by atoms with Crippen LogP contribution in [0.15, 0.2) is 44.9 Å². The van der Waals surface area contributed by atoms with Crippen LogP contribution in [0.3, 0.4) is 0 Å². The second kappa shape index (κ2) is 7.61. The highest BCUT2D eigenvalue weighted by Crippen LogP contribution is 2.43. The van der Waals surface area contributed by atoms with Crippen molar-refractivity contribution in [3.8, 4) is 27.6 Å². The Hall–Kier alpha value is -2.16. The first-order valence-corrected chi connectivity index (χ1v) is 9.79. The summed E-state index contributed by atoms with van der Waals surface area (Å²) < 4.78 is 1.10. The molecule has 2 aromatic heterocycles. The van der Waals surface area contributed by atoms with Gasteiger partial charge in [-0.25, -0.2) is 9.98 Å². The molecule has 0 unspecified atom stereocenters. The lowest BCUT2D eigenvalue weighted by molar-refractivity contribution is -0.108. The third-order valence-electron chi connectivity index (χ3n) is 3.12. The molecule has 0 aliphatic rings. The number of thioether (sulfide) groups is 1. The van der Waals surface area contributed by atoms with E-state index in [1.807, 2.05) is 29.8 Å². The summed E-state index contributed by atoms with van der Waals surface area (Å²) in [6, 6.07) is 9.11. The van der Waals surface area contributed by atoms with Gasteiger partial charge in [0.15, 0.2) is 0 Å². The number of aliphatic imine (C=N–C) groups is 1. The number of phenols is 1. The number of aromatic hydroxyl groups is 1. The third-order valence-corrected chi connectivity index (χ3v) is 6.17. The zero-order valence-corrected chi connectivity index (χ0v) is 15.0. The summed E-state index contributed by atoms with van der Waals surface area (Å²) in [6.45, 7) is 0. The highest BCUT2D eigenvalue weighted by Gasteiger charge is 2.15. The maximum absolute atomic E-state index is 10.3. The third kappa shape index (κ3) is 3.50. The van der Waals surface area contributed by atoms with Crippen molar-refractivity contribution in [2.75, 3.05) is 6.26 Å². The van der Waals surface area contributed by atoms with Crippen molar-refractivity contribution in [2.45, 2.75) is 4.21 Å². The zero-order valence-electron chi connectivity index (χ0n) is 12.6. The Bertz CT molecular complexity index is 886. The normalized spacial score (nSPS) is 11.0. The van der Waals surface area contributed by atoms with E-state index in [-0.39, 0.29) is 5.75 Å². The SMILES string of the molecule is CSc1sc(N=CNC=O)cc1-c1nc(-c2ccccc2O)cs1. The molecule has 1 aromatic carbocycles. The number of para-hydroxylation sites is 1. The number of carbonyl (C=O) groups excluding carboxylic acids is 1. The number of amides is 1. The minimum Gasteiger partial charge on any atom is -0.507 e. The highest BCUT2D eigenvalue weighted by atomic mass is 32.2. The van der Waals surface area contributed by atoms with Crippen LogP contribution in [0.25, 0.3) is 21.8 Å². The van der Waals surface area contributed by atoms with Gasteiger partial charge in [-0.2, -0.15) is 0 Å². The molecule has 1 amide bonds. The standard InChI is InChI=1S/C16H13N3O2S3/c1-22-16-11(6-14(24-16)18-8-17-9-20)15-19-12(7-23-15)10-4-2-3-5-13(10)21/h2-9,21H,1H3,(H,17,18,20). The first-order chi connectivity index (χ1) is 11.7. The molecule has 0 aliphatic carbocycles. The summed E-state index contributed by atoms with van der Waals surface area (Å²) in [5.74, 6) is 0.218. The number of carbonyl (C=O) groups is 1. The minimum absolute atomic E-state index is 0.218. The van der Waals surface area contributed by atoms with Crippen molar-refractivity contribution < 1.29 is 9.90 Å². The van der Waals surface area contributed by atoms with E-state index in [1.165, 1.54) is 29.0 Å². The van der Waals surface area contributed by atoms with Crippen molar-refractivity contribution in [2.24, 2.45) is 4.99 Å². The number of hydrogen-bond donors (Lipinski definition) is 2. The number of benzene rings is 1. The van der Waals surface area contributed by atoms with Crippen LogP contribution in [0, 0.1) is 0 Å². The number of thiazole rings is 1. The predicted octanol–water partition coefficient (Wildman–Crippen LogP) is 4.37. The average Bonchev–Trinajstić information content (AvgIpc) is 3.22. The first-order valence-electron chi connectivity index (χ1n) is 6.87. The Morgan fingerprint density at radius 1 is 1.33 bits per heavy atom. The molecule has 24 heavy (non-hydrogen) atoms. The molecule has 0 aliphatic heterocycles. The van der Waals surface area contributed by atoms with Gasteiger partial charge in [-0.05, 0) is 24.5 Å². The topological polar surface area (TPSA) is 74.6 Å². The number of hydrogen-bond acceptors (Lipinski definition) is 7. The monoisotopic (exact) mass is 375 g/mol. The predicted molar refractivity (Wildman–Crippen MR) is 102 cm³/mol. The molecule has 2 heterocycles. The highest BCUT2D eigenvalue weighted by molar-refractivity contribution is 8.00. The van der Waals surface area contributed by atoms with Crippen LogP contribution >= 0.6 is 34.4 Å². The van der Waals surface area contributed by atoms with Crippen LogP contribution in [0.2, 0.25) is 0 Å². The molecule has 3 rings (SSSR count). The first kappa shape index (κ1) is 16.7. The van der Waals surface area contributed by atoms with E-state index in [0.29, 0.717) is 12.0 Å². The number of phenolic OH excluding ortho intramolecular Hbond substituents is 1. The van der Waals surface area contributed by atoms with Crippen molar-refractivity contribution in [1.82, 2.24) is 10.3 Å². The molecule has 3 aromatic rings.